The average molecular weight is 331 g/mol. The maximum atomic E-state index is 12.6. The van der Waals surface area contributed by atoms with Gasteiger partial charge in [-0.05, 0) is 62.4 Å². The van der Waals surface area contributed by atoms with E-state index in [0.29, 0.717) is 23.2 Å². The molecule has 2 aliphatic heterocycles. The van der Waals surface area contributed by atoms with Crippen LogP contribution in [0.1, 0.15) is 65.7 Å². The third-order valence-corrected chi connectivity index (χ3v) is 5.62. The molecule has 130 valence electrons. The fourth-order valence-corrected chi connectivity index (χ4v) is 4.27. The second-order valence-corrected chi connectivity index (χ2v) is 7.77. The Kier molecular flexibility index (Phi) is 8.20. The Balaban J connectivity index is 0.00000242. The quantitative estimate of drug-likeness (QED) is 0.830. The molecule has 0 aliphatic carbocycles. The lowest BCUT2D eigenvalue weighted by Crippen LogP contribution is -2.45. The smallest absolute Gasteiger partial charge is 0.222 e. The normalized spacial score (nSPS) is 30.5. The van der Waals surface area contributed by atoms with E-state index in [1.165, 1.54) is 38.5 Å². The maximum absolute atomic E-state index is 12.6. The first-order valence-electron chi connectivity index (χ1n) is 9.02. The van der Waals surface area contributed by atoms with Gasteiger partial charge in [0, 0.05) is 19.5 Å². The van der Waals surface area contributed by atoms with Crippen molar-refractivity contribution in [3.05, 3.63) is 0 Å². The zero-order valence-electron chi connectivity index (χ0n) is 14.7. The summed E-state index contributed by atoms with van der Waals surface area (Å²) in [4.78, 5) is 14.8. The van der Waals surface area contributed by atoms with Crippen LogP contribution < -0.4 is 5.32 Å². The van der Waals surface area contributed by atoms with Crippen LogP contribution in [0.5, 0.6) is 0 Å². The first kappa shape index (κ1) is 19.8. The van der Waals surface area contributed by atoms with Gasteiger partial charge in [0.1, 0.15) is 0 Å². The summed E-state index contributed by atoms with van der Waals surface area (Å²) in [5.74, 6) is 1.61. The molecule has 0 spiro atoms. The van der Waals surface area contributed by atoms with Crippen molar-refractivity contribution in [1.82, 2.24) is 10.2 Å². The summed E-state index contributed by atoms with van der Waals surface area (Å²) < 4.78 is 0. The van der Waals surface area contributed by atoms with Gasteiger partial charge in [0.25, 0.3) is 0 Å². The van der Waals surface area contributed by atoms with Crippen molar-refractivity contribution in [1.29, 1.82) is 0 Å². The van der Waals surface area contributed by atoms with Crippen molar-refractivity contribution in [2.45, 2.75) is 65.7 Å². The average Bonchev–Trinajstić information content (AvgIpc) is 2.48. The number of piperidine rings is 2. The molecule has 0 radical (unpaired) electrons. The maximum Gasteiger partial charge on any atom is 0.222 e. The third-order valence-electron chi connectivity index (χ3n) is 5.62. The molecule has 3 atom stereocenters. The topological polar surface area (TPSA) is 32.3 Å². The Morgan fingerprint density at radius 1 is 1.41 bits per heavy atom. The molecule has 0 aromatic rings. The van der Waals surface area contributed by atoms with Crippen LogP contribution in [0.15, 0.2) is 0 Å². The molecule has 2 fully saturated rings. The van der Waals surface area contributed by atoms with Crippen molar-refractivity contribution < 1.29 is 4.79 Å². The Morgan fingerprint density at radius 3 is 2.82 bits per heavy atom. The summed E-state index contributed by atoms with van der Waals surface area (Å²) in [5.41, 5.74) is 0.359. The van der Waals surface area contributed by atoms with Gasteiger partial charge in [-0.15, -0.1) is 12.4 Å². The lowest BCUT2D eigenvalue weighted by atomic mass is 9.78. The minimum absolute atomic E-state index is 0. The van der Waals surface area contributed by atoms with Gasteiger partial charge in [0.05, 0.1) is 0 Å². The van der Waals surface area contributed by atoms with Crippen molar-refractivity contribution in [3.8, 4) is 0 Å². The van der Waals surface area contributed by atoms with Gasteiger partial charge in [-0.3, -0.25) is 4.79 Å². The lowest BCUT2D eigenvalue weighted by Gasteiger charge is -2.41. The van der Waals surface area contributed by atoms with E-state index in [2.05, 4.69) is 31.0 Å². The highest BCUT2D eigenvalue weighted by Crippen LogP contribution is 2.34. The van der Waals surface area contributed by atoms with Gasteiger partial charge in [0.15, 0.2) is 0 Å². The predicted octanol–water partition coefficient (Wildman–Crippen LogP) is 3.86. The van der Waals surface area contributed by atoms with Crippen molar-refractivity contribution >= 4 is 18.3 Å². The summed E-state index contributed by atoms with van der Waals surface area (Å²) in [6, 6.07) is 0. The van der Waals surface area contributed by atoms with Crippen LogP contribution in [0.25, 0.3) is 0 Å². The van der Waals surface area contributed by atoms with Gasteiger partial charge in [-0.2, -0.15) is 0 Å². The first-order chi connectivity index (χ1) is 10.0. The number of carbonyl (C=O) groups is 1. The van der Waals surface area contributed by atoms with Crippen LogP contribution in [0.4, 0.5) is 0 Å². The molecule has 0 bridgehead atoms. The van der Waals surface area contributed by atoms with Crippen molar-refractivity contribution in [3.63, 3.8) is 0 Å². The molecule has 0 aromatic heterocycles. The molecule has 3 nitrogen and oxygen atoms in total. The number of carbonyl (C=O) groups excluding carboxylic acids is 1. The number of amides is 1. The second kappa shape index (κ2) is 9.12. The standard InChI is InChI=1S/C18H34N2O.ClH/c1-4-8-18(3)9-6-11-20(14-18)17(21)12-15(2)16-7-5-10-19-13-16;/h15-16,19H,4-14H2,1-3H3;1H. The largest absolute Gasteiger partial charge is 0.342 e. The number of likely N-dealkylation sites (tertiary alicyclic amines) is 1. The van der Waals surface area contributed by atoms with Crippen LogP contribution in [-0.4, -0.2) is 37.0 Å². The van der Waals surface area contributed by atoms with Crippen LogP contribution in [0.3, 0.4) is 0 Å². The predicted molar refractivity (Wildman–Crippen MR) is 95.5 cm³/mol. The number of nitrogens with one attached hydrogen (secondary N) is 1. The molecule has 3 unspecified atom stereocenters. The molecule has 2 aliphatic rings. The highest BCUT2D eigenvalue weighted by molar-refractivity contribution is 5.85. The van der Waals surface area contributed by atoms with E-state index in [0.717, 1.165) is 32.6 Å². The summed E-state index contributed by atoms with van der Waals surface area (Å²) in [6.07, 6.45) is 8.24. The monoisotopic (exact) mass is 330 g/mol. The van der Waals surface area contributed by atoms with E-state index in [-0.39, 0.29) is 12.4 Å². The van der Waals surface area contributed by atoms with E-state index < -0.39 is 0 Å². The number of rotatable bonds is 5. The highest BCUT2D eigenvalue weighted by atomic mass is 35.5. The Labute approximate surface area is 143 Å². The highest BCUT2D eigenvalue weighted by Gasteiger charge is 2.33. The summed E-state index contributed by atoms with van der Waals surface area (Å²) in [7, 11) is 0. The van der Waals surface area contributed by atoms with Gasteiger partial charge < -0.3 is 10.2 Å². The Morgan fingerprint density at radius 2 is 2.18 bits per heavy atom. The van der Waals surface area contributed by atoms with Crippen molar-refractivity contribution in [2.75, 3.05) is 26.2 Å². The van der Waals surface area contributed by atoms with Crippen LogP contribution in [-0.2, 0) is 4.79 Å². The molecule has 2 rings (SSSR count). The van der Waals surface area contributed by atoms with Crippen LogP contribution >= 0.6 is 12.4 Å². The molecule has 22 heavy (non-hydrogen) atoms. The van der Waals surface area contributed by atoms with Crippen LogP contribution in [0.2, 0.25) is 0 Å². The van der Waals surface area contributed by atoms with Gasteiger partial charge in [0.2, 0.25) is 5.91 Å². The number of hydrogen-bond donors (Lipinski definition) is 1. The lowest BCUT2D eigenvalue weighted by molar-refractivity contribution is -0.136. The molecule has 1 N–H and O–H groups in total. The fourth-order valence-electron chi connectivity index (χ4n) is 4.27. The zero-order valence-corrected chi connectivity index (χ0v) is 15.5. The molecule has 1 amide bonds. The van der Waals surface area contributed by atoms with Gasteiger partial charge >= 0.3 is 0 Å². The molecule has 2 saturated heterocycles. The molecule has 0 saturated carbocycles. The third kappa shape index (κ3) is 5.42. The molecule has 2 heterocycles. The number of halogens is 1. The fraction of sp³-hybridized carbons (Fsp3) is 0.944. The summed E-state index contributed by atoms with van der Waals surface area (Å²) >= 11 is 0. The second-order valence-electron chi connectivity index (χ2n) is 7.77. The Bertz CT molecular complexity index is 340. The molecule has 0 aromatic carbocycles. The van der Waals surface area contributed by atoms with Crippen LogP contribution in [0, 0.1) is 17.3 Å². The van der Waals surface area contributed by atoms with Crippen molar-refractivity contribution in [2.24, 2.45) is 17.3 Å². The summed E-state index contributed by atoms with van der Waals surface area (Å²) in [6.45, 7) is 11.1. The number of hydrogen-bond acceptors (Lipinski definition) is 2. The first-order valence-corrected chi connectivity index (χ1v) is 9.02. The van der Waals surface area contributed by atoms with Gasteiger partial charge in [-0.25, -0.2) is 0 Å². The summed E-state index contributed by atoms with van der Waals surface area (Å²) in [5, 5.41) is 3.47. The van der Waals surface area contributed by atoms with E-state index in [9.17, 15) is 4.79 Å². The molecule has 4 heteroatoms. The van der Waals surface area contributed by atoms with E-state index in [1.807, 2.05) is 0 Å². The minimum Gasteiger partial charge on any atom is -0.342 e. The Hall–Kier alpha value is -0.280. The molecular weight excluding hydrogens is 296 g/mol. The molecular formula is C18H35ClN2O. The zero-order chi connectivity index (χ0) is 15.3. The van der Waals surface area contributed by atoms with E-state index >= 15 is 0 Å². The van der Waals surface area contributed by atoms with E-state index in [4.69, 9.17) is 0 Å². The SMILES string of the molecule is CCCC1(C)CCCN(C(=O)CC(C)C2CCCNC2)C1.Cl. The van der Waals surface area contributed by atoms with E-state index in [1.54, 1.807) is 0 Å². The minimum atomic E-state index is 0. The number of nitrogens with zero attached hydrogens (tertiary/aromatic N) is 1. The van der Waals surface area contributed by atoms with Gasteiger partial charge in [-0.1, -0.05) is 27.2 Å².